The van der Waals surface area contributed by atoms with Crippen molar-refractivity contribution in [3.63, 3.8) is 0 Å². The van der Waals surface area contributed by atoms with Gasteiger partial charge < -0.3 is 9.84 Å². The molecule has 0 aliphatic carbocycles. The second kappa shape index (κ2) is 8.15. The second-order valence-electron chi connectivity index (χ2n) is 7.84. The van der Waals surface area contributed by atoms with Crippen molar-refractivity contribution in [3.05, 3.63) is 64.8 Å². The zero-order chi connectivity index (χ0) is 19.5. The molecular formula is C23H27N3O2. The third-order valence-corrected chi connectivity index (χ3v) is 5.69. The minimum Gasteiger partial charge on any atom is -0.356 e. The molecular weight excluding hydrogens is 350 g/mol. The van der Waals surface area contributed by atoms with Crippen molar-refractivity contribution in [1.82, 2.24) is 15.4 Å². The van der Waals surface area contributed by atoms with E-state index in [4.69, 9.17) is 4.52 Å². The second-order valence-corrected chi connectivity index (χ2v) is 7.84. The lowest BCUT2D eigenvalue weighted by Gasteiger charge is -2.32. The maximum Gasteiger partial charge on any atom is 0.226 e. The van der Waals surface area contributed by atoms with Crippen LogP contribution >= 0.6 is 0 Å². The number of carbonyl (C=O) groups excluding carboxylic acids is 1. The molecule has 0 bridgehead atoms. The van der Waals surface area contributed by atoms with E-state index < -0.39 is 0 Å². The zero-order valence-corrected chi connectivity index (χ0v) is 16.6. The lowest BCUT2D eigenvalue weighted by Crippen LogP contribution is -2.44. The van der Waals surface area contributed by atoms with Crippen molar-refractivity contribution in [3.8, 4) is 0 Å². The van der Waals surface area contributed by atoms with E-state index in [1.165, 1.54) is 16.7 Å². The number of nitrogens with one attached hydrogen (secondary N) is 1. The minimum absolute atomic E-state index is 0.0231. The summed E-state index contributed by atoms with van der Waals surface area (Å²) in [6.07, 6.45) is 2.23. The van der Waals surface area contributed by atoms with E-state index in [0.717, 1.165) is 49.1 Å². The Kier molecular flexibility index (Phi) is 5.44. The van der Waals surface area contributed by atoms with E-state index >= 15 is 0 Å². The van der Waals surface area contributed by atoms with Gasteiger partial charge in [0.15, 0.2) is 5.58 Å². The largest absolute Gasteiger partial charge is 0.356 e. The van der Waals surface area contributed by atoms with Gasteiger partial charge in [-0.05, 0) is 55.5 Å². The Bertz CT molecular complexity index is 957. The lowest BCUT2D eigenvalue weighted by molar-refractivity contribution is -0.121. The number of aromatic nitrogens is 1. The van der Waals surface area contributed by atoms with E-state index in [2.05, 4.69) is 52.6 Å². The highest BCUT2D eigenvalue weighted by Crippen LogP contribution is 2.23. The standard InChI is InChI=1S/C23H27N3O2/c1-16-12-20-21(25-28-22(20)13-17(16)2)14-23(27)24-19-8-10-26(11-9-19)15-18-6-4-3-5-7-18/h3-7,12-13,19H,8-11,14-15H2,1-2H3,(H,24,27). The van der Waals surface area contributed by atoms with Gasteiger partial charge in [0.2, 0.25) is 5.91 Å². The molecule has 5 nitrogen and oxygen atoms in total. The average Bonchev–Trinajstić information content (AvgIpc) is 3.06. The van der Waals surface area contributed by atoms with Crippen molar-refractivity contribution in [2.24, 2.45) is 0 Å². The Morgan fingerprint density at radius 1 is 1.14 bits per heavy atom. The van der Waals surface area contributed by atoms with Gasteiger partial charge >= 0.3 is 0 Å². The molecule has 1 N–H and O–H groups in total. The first-order valence-corrected chi connectivity index (χ1v) is 9.99. The molecule has 1 amide bonds. The predicted octanol–water partition coefficient (Wildman–Crippen LogP) is 3.77. The van der Waals surface area contributed by atoms with Crippen LogP contribution in [0.4, 0.5) is 0 Å². The molecule has 2 heterocycles. The van der Waals surface area contributed by atoms with Crippen LogP contribution in [0.2, 0.25) is 0 Å². The molecule has 1 aliphatic rings. The zero-order valence-electron chi connectivity index (χ0n) is 16.6. The van der Waals surface area contributed by atoms with E-state index in [1.807, 2.05) is 19.1 Å². The molecule has 146 valence electrons. The van der Waals surface area contributed by atoms with E-state index in [9.17, 15) is 4.79 Å². The van der Waals surface area contributed by atoms with Gasteiger partial charge in [-0.15, -0.1) is 0 Å². The Labute approximate surface area is 165 Å². The minimum atomic E-state index is 0.0231. The first-order chi connectivity index (χ1) is 13.6. The summed E-state index contributed by atoms with van der Waals surface area (Å²) in [7, 11) is 0. The number of carbonyl (C=O) groups is 1. The maximum atomic E-state index is 12.5. The number of piperidine rings is 1. The summed E-state index contributed by atoms with van der Waals surface area (Å²) in [5.41, 5.74) is 5.16. The average molecular weight is 377 g/mol. The van der Waals surface area contributed by atoms with Crippen molar-refractivity contribution >= 4 is 16.9 Å². The smallest absolute Gasteiger partial charge is 0.226 e. The Morgan fingerprint density at radius 3 is 2.61 bits per heavy atom. The summed E-state index contributed by atoms with van der Waals surface area (Å²) >= 11 is 0. The summed E-state index contributed by atoms with van der Waals surface area (Å²) in [5.74, 6) is 0.0231. The topological polar surface area (TPSA) is 58.4 Å². The molecule has 3 aromatic rings. The Balaban J connectivity index is 1.30. The number of nitrogens with zero attached hydrogens (tertiary/aromatic N) is 2. The van der Waals surface area contributed by atoms with Crippen molar-refractivity contribution < 1.29 is 9.32 Å². The first kappa shape index (κ1) is 18.7. The summed E-state index contributed by atoms with van der Waals surface area (Å²) in [6, 6.07) is 14.8. The lowest BCUT2D eigenvalue weighted by atomic mass is 10.0. The number of hydrogen-bond donors (Lipinski definition) is 1. The van der Waals surface area contributed by atoms with Crippen molar-refractivity contribution in [2.45, 2.75) is 45.7 Å². The summed E-state index contributed by atoms with van der Waals surface area (Å²) < 4.78 is 5.41. The molecule has 28 heavy (non-hydrogen) atoms. The highest BCUT2D eigenvalue weighted by atomic mass is 16.5. The van der Waals surface area contributed by atoms with Gasteiger partial charge in [-0.3, -0.25) is 9.69 Å². The maximum absolute atomic E-state index is 12.5. The van der Waals surface area contributed by atoms with Crippen LogP contribution in [0.1, 0.15) is 35.2 Å². The van der Waals surface area contributed by atoms with E-state index in [0.29, 0.717) is 0 Å². The van der Waals surface area contributed by atoms with Crippen LogP contribution in [0.25, 0.3) is 11.0 Å². The number of benzene rings is 2. The van der Waals surface area contributed by atoms with Crippen LogP contribution in [0.15, 0.2) is 47.0 Å². The molecule has 2 aromatic carbocycles. The number of hydrogen-bond acceptors (Lipinski definition) is 4. The molecule has 0 spiro atoms. The van der Waals surface area contributed by atoms with Gasteiger partial charge in [0.05, 0.1) is 6.42 Å². The van der Waals surface area contributed by atoms with Gasteiger partial charge in [-0.1, -0.05) is 35.5 Å². The molecule has 0 atom stereocenters. The highest BCUT2D eigenvalue weighted by Gasteiger charge is 2.22. The van der Waals surface area contributed by atoms with Crippen LogP contribution in [-0.2, 0) is 17.8 Å². The molecule has 0 radical (unpaired) electrons. The third kappa shape index (κ3) is 4.25. The Hall–Kier alpha value is -2.66. The monoisotopic (exact) mass is 377 g/mol. The summed E-state index contributed by atoms with van der Waals surface area (Å²) in [6.45, 7) is 7.10. The third-order valence-electron chi connectivity index (χ3n) is 5.69. The molecule has 1 saturated heterocycles. The van der Waals surface area contributed by atoms with Crippen molar-refractivity contribution in [1.29, 1.82) is 0 Å². The predicted molar refractivity (Wildman–Crippen MR) is 110 cm³/mol. The Morgan fingerprint density at radius 2 is 1.86 bits per heavy atom. The highest BCUT2D eigenvalue weighted by molar-refractivity contribution is 5.87. The molecule has 0 saturated carbocycles. The fourth-order valence-corrected chi connectivity index (χ4v) is 3.88. The number of likely N-dealkylation sites (tertiary alicyclic amines) is 1. The summed E-state index contributed by atoms with van der Waals surface area (Å²) in [4.78, 5) is 15.0. The van der Waals surface area contributed by atoms with Crippen LogP contribution in [0.5, 0.6) is 0 Å². The van der Waals surface area contributed by atoms with Gasteiger partial charge in [0.1, 0.15) is 5.69 Å². The normalized spacial score (nSPS) is 15.8. The van der Waals surface area contributed by atoms with Gasteiger partial charge in [0.25, 0.3) is 0 Å². The number of rotatable bonds is 5. The number of aryl methyl sites for hydroxylation is 2. The molecule has 5 heteroatoms. The fraction of sp³-hybridized carbons (Fsp3) is 0.391. The van der Waals surface area contributed by atoms with Crippen LogP contribution in [-0.4, -0.2) is 35.1 Å². The molecule has 1 aromatic heterocycles. The van der Waals surface area contributed by atoms with Gasteiger partial charge in [-0.25, -0.2) is 0 Å². The van der Waals surface area contributed by atoms with E-state index in [-0.39, 0.29) is 18.4 Å². The van der Waals surface area contributed by atoms with Crippen LogP contribution in [0, 0.1) is 13.8 Å². The fourth-order valence-electron chi connectivity index (χ4n) is 3.88. The van der Waals surface area contributed by atoms with Gasteiger partial charge in [0, 0.05) is 31.1 Å². The molecule has 1 fully saturated rings. The molecule has 1 aliphatic heterocycles. The molecule has 0 unspecified atom stereocenters. The van der Waals surface area contributed by atoms with Crippen LogP contribution in [0.3, 0.4) is 0 Å². The summed E-state index contributed by atoms with van der Waals surface area (Å²) in [5, 5.41) is 8.25. The first-order valence-electron chi connectivity index (χ1n) is 9.99. The van der Waals surface area contributed by atoms with Crippen molar-refractivity contribution in [2.75, 3.05) is 13.1 Å². The quantitative estimate of drug-likeness (QED) is 0.735. The number of amides is 1. The van der Waals surface area contributed by atoms with Gasteiger partial charge in [-0.2, -0.15) is 0 Å². The van der Waals surface area contributed by atoms with E-state index in [1.54, 1.807) is 0 Å². The SMILES string of the molecule is Cc1cc2onc(CC(=O)NC3CCN(Cc4ccccc4)CC3)c2cc1C. The number of fused-ring (bicyclic) bond motifs is 1. The van der Waals surface area contributed by atoms with Crippen LogP contribution < -0.4 is 5.32 Å². The molecule has 4 rings (SSSR count).